The first-order chi connectivity index (χ1) is 7.68. The molecule has 0 saturated heterocycles. The van der Waals surface area contributed by atoms with E-state index in [9.17, 15) is 0 Å². The van der Waals surface area contributed by atoms with Gasteiger partial charge in [0.25, 0.3) is 0 Å². The third kappa shape index (κ3) is 2.31. The molecule has 1 saturated carbocycles. The highest BCUT2D eigenvalue weighted by Gasteiger charge is 2.21. The molecule has 2 rings (SSSR count). The average Bonchev–Trinajstić information content (AvgIpc) is 2.28. The molecule has 88 valence electrons. The van der Waals surface area contributed by atoms with Crippen molar-refractivity contribution in [3.05, 3.63) is 23.8 Å². The van der Waals surface area contributed by atoms with Gasteiger partial charge < -0.3 is 11.1 Å². The third-order valence-electron chi connectivity index (χ3n) is 3.78. The number of rotatable bonds is 2. The Morgan fingerprint density at radius 2 is 2.00 bits per heavy atom. The maximum atomic E-state index is 6.08. The Kier molecular flexibility index (Phi) is 3.37. The van der Waals surface area contributed by atoms with Crippen molar-refractivity contribution < 1.29 is 0 Å². The Bertz CT molecular complexity index is 360. The smallest absolute Gasteiger partial charge is 0.0579 e. The lowest BCUT2D eigenvalue weighted by Crippen LogP contribution is -2.30. The number of aryl methyl sites for hydroxylation is 1. The lowest BCUT2D eigenvalue weighted by Gasteiger charge is -2.31. The quantitative estimate of drug-likeness (QED) is 0.745. The normalized spacial score (nSPS) is 25.4. The molecule has 2 nitrogen and oxygen atoms in total. The zero-order valence-electron chi connectivity index (χ0n) is 10.3. The topological polar surface area (TPSA) is 38.0 Å². The van der Waals surface area contributed by atoms with Crippen LogP contribution in [0.15, 0.2) is 18.2 Å². The Hall–Kier alpha value is -1.18. The molecular formula is C14H22N2. The van der Waals surface area contributed by atoms with Crippen molar-refractivity contribution in [1.82, 2.24) is 0 Å². The van der Waals surface area contributed by atoms with E-state index in [0.717, 1.165) is 22.9 Å². The number of anilines is 2. The van der Waals surface area contributed by atoms with Crippen molar-refractivity contribution in [2.24, 2.45) is 5.92 Å². The van der Waals surface area contributed by atoms with Gasteiger partial charge >= 0.3 is 0 Å². The Balaban J connectivity index is 2.10. The number of nitrogen functional groups attached to an aromatic ring is 1. The molecule has 1 aromatic rings. The molecule has 1 aliphatic rings. The largest absolute Gasteiger partial charge is 0.397 e. The number of benzene rings is 1. The minimum absolute atomic E-state index is 0.595. The average molecular weight is 218 g/mol. The van der Waals surface area contributed by atoms with E-state index >= 15 is 0 Å². The molecule has 2 atom stereocenters. The molecule has 2 heteroatoms. The van der Waals surface area contributed by atoms with E-state index < -0.39 is 0 Å². The van der Waals surface area contributed by atoms with E-state index in [0.29, 0.717) is 6.04 Å². The first-order valence-electron chi connectivity index (χ1n) is 6.30. The van der Waals surface area contributed by atoms with E-state index in [2.05, 4.69) is 37.4 Å². The van der Waals surface area contributed by atoms with Gasteiger partial charge in [0, 0.05) is 6.04 Å². The highest BCUT2D eigenvalue weighted by Crippen LogP contribution is 2.29. The molecule has 0 radical (unpaired) electrons. The van der Waals surface area contributed by atoms with Gasteiger partial charge in [-0.1, -0.05) is 31.9 Å². The van der Waals surface area contributed by atoms with E-state index in [1.54, 1.807) is 0 Å². The molecule has 0 bridgehead atoms. The molecule has 0 heterocycles. The summed E-state index contributed by atoms with van der Waals surface area (Å²) in [4.78, 5) is 0. The molecule has 0 aromatic heterocycles. The predicted octanol–water partition coefficient (Wildman–Crippen LogP) is 3.57. The summed E-state index contributed by atoms with van der Waals surface area (Å²) < 4.78 is 0. The second-order valence-corrected chi connectivity index (χ2v) is 5.05. The van der Waals surface area contributed by atoms with Crippen LogP contribution in [0, 0.1) is 12.8 Å². The zero-order chi connectivity index (χ0) is 11.5. The molecule has 0 aliphatic heterocycles. The van der Waals surface area contributed by atoms with Crippen LogP contribution >= 0.6 is 0 Å². The molecule has 3 N–H and O–H groups in total. The van der Waals surface area contributed by atoms with Gasteiger partial charge in [0.05, 0.1) is 11.4 Å². The fourth-order valence-corrected chi connectivity index (χ4v) is 2.54. The van der Waals surface area contributed by atoms with Crippen LogP contribution in [0.4, 0.5) is 11.4 Å². The van der Waals surface area contributed by atoms with Crippen LogP contribution in [0.2, 0.25) is 0 Å². The van der Waals surface area contributed by atoms with Crippen molar-refractivity contribution in [3.63, 3.8) is 0 Å². The van der Waals surface area contributed by atoms with E-state index in [-0.39, 0.29) is 0 Å². The van der Waals surface area contributed by atoms with E-state index in [4.69, 9.17) is 5.73 Å². The van der Waals surface area contributed by atoms with Gasteiger partial charge in [-0.25, -0.2) is 0 Å². The summed E-state index contributed by atoms with van der Waals surface area (Å²) in [6.45, 7) is 4.40. The second-order valence-electron chi connectivity index (χ2n) is 5.05. The van der Waals surface area contributed by atoms with Gasteiger partial charge in [0.1, 0.15) is 0 Å². The summed E-state index contributed by atoms with van der Waals surface area (Å²) in [5.41, 5.74) is 9.26. The molecule has 1 aliphatic carbocycles. The van der Waals surface area contributed by atoms with Crippen LogP contribution in [-0.2, 0) is 0 Å². The monoisotopic (exact) mass is 218 g/mol. The first kappa shape index (κ1) is 11.3. The lowest BCUT2D eigenvalue weighted by atomic mass is 9.86. The minimum atomic E-state index is 0.595. The maximum Gasteiger partial charge on any atom is 0.0579 e. The molecule has 16 heavy (non-hydrogen) atoms. The highest BCUT2D eigenvalue weighted by atomic mass is 14.9. The summed E-state index contributed by atoms with van der Waals surface area (Å²) in [5, 5.41) is 3.61. The molecular weight excluding hydrogens is 196 g/mol. The van der Waals surface area contributed by atoms with E-state index in [1.165, 1.54) is 25.7 Å². The van der Waals surface area contributed by atoms with Crippen molar-refractivity contribution >= 4 is 11.4 Å². The number of nitrogens with one attached hydrogen (secondary N) is 1. The van der Waals surface area contributed by atoms with E-state index in [1.807, 2.05) is 0 Å². The Morgan fingerprint density at radius 1 is 1.25 bits per heavy atom. The third-order valence-corrected chi connectivity index (χ3v) is 3.78. The lowest BCUT2D eigenvalue weighted by molar-refractivity contribution is 0.349. The van der Waals surface area contributed by atoms with Gasteiger partial charge in [-0.2, -0.15) is 0 Å². The summed E-state index contributed by atoms with van der Waals surface area (Å²) >= 11 is 0. The summed E-state index contributed by atoms with van der Waals surface area (Å²) in [7, 11) is 0. The fourth-order valence-electron chi connectivity index (χ4n) is 2.54. The summed E-state index contributed by atoms with van der Waals surface area (Å²) in [5.74, 6) is 0.758. The summed E-state index contributed by atoms with van der Waals surface area (Å²) in [6, 6.07) is 6.81. The molecule has 2 unspecified atom stereocenters. The second kappa shape index (κ2) is 4.77. The first-order valence-corrected chi connectivity index (χ1v) is 6.30. The van der Waals surface area contributed by atoms with Crippen molar-refractivity contribution in [2.75, 3.05) is 11.1 Å². The highest BCUT2D eigenvalue weighted by molar-refractivity contribution is 5.69. The van der Waals surface area contributed by atoms with Gasteiger partial charge in [-0.05, 0) is 37.3 Å². The van der Waals surface area contributed by atoms with Gasteiger partial charge in [-0.15, -0.1) is 0 Å². The Morgan fingerprint density at radius 3 is 2.75 bits per heavy atom. The van der Waals surface area contributed by atoms with Crippen LogP contribution in [0.1, 0.15) is 38.2 Å². The molecule has 0 spiro atoms. The number of hydrogen-bond donors (Lipinski definition) is 2. The van der Waals surface area contributed by atoms with Crippen LogP contribution < -0.4 is 11.1 Å². The maximum absolute atomic E-state index is 6.08. The minimum Gasteiger partial charge on any atom is -0.397 e. The number of nitrogens with two attached hydrogens (primary N) is 1. The number of hydrogen-bond acceptors (Lipinski definition) is 2. The number of para-hydroxylation sites is 1. The molecule has 1 aromatic carbocycles. The van der Waals surface area contributed by atoms with Gasteiger partial charge in [0.2, 0.25) is 0 Å². The SMILES string of the molecule is Cc1cccc(NC2CCCCC2C)c1N. The fraction of sp³-hybridized carbons (Fsp3) is 0.571. The van der Waals surface area contributed by atoms with Crippen molar-refractivity contribution in [1.29, 1.82) is 0 Å². The Labute approximate surface area is 98.2 Å². The van der Waals surface area contributed by atoms with Crippen LogP contribution in [0.5, 0.6) is 0 Å². The summed E-state index contributed by atoms with van der Waals surface area (Å²) in [6.07, 6.45) is 5.33. The molecule has 0 amide bonds. The standard InChI is InChI=1S/C14H22N2/c1-10-6-3-4-8-12(10)16-13-9-5-7-11(2)14(13)15/h5,7,9-10,12,16H,3-4,6,8,15H2,1-2H3. The van der Waals surface area contributed by atoms with Crippen LogP contribution in [-0.4, -0.2) is 6.04 Å². The molecule has 1 fully saturated rings. The van der Waals surface area contributed by atoms with Gasteiger partial charge in [-0.3, -0.25) is 0 Å². The van der Waals surface area contributed by atoms with Crippen LogP contribution in [0.25, 0.3) is 0 Å². The van der Waals surface area contributed by atoms with Crippen molar-refractivity contribution in [3.8, 4) is 0 Å². The predicted molar refractivity (Wildman–Crippen MR) is 70.6 cm³/mol. The van der Waals surface area contributed by atoms with Crippen LogP contribution in [0.3, 0.4) is 0 Å². The van der Waals surface area contributed by atoms with Crippen molar-refractivity contribution in [2.45, 2.75) is 45.6 Å². The van der Waals surface area contributed by atoms with Gasteiger partial charge in [0.15, 0.2) is 0 Å². The zero-order valence-corrected chi connectivity index (χ0v) is 10.3.